The Hall–Kier alpha value is -1.58. The molecule has 0 spiro atoms. The Kier molecular flexibility index (Phi) is 2.06. The van der Waals surface area contributed by atoms with E-state index in [-0.39, 0.29) is 17.9 Å². The molecule has 4 nitrogen and oxygen atoms in total. The van der Waals surface area contributed by atoms with Crippen LogP contribution in [-0.4, -0.2) is 21.2 Å². The first kappa shape index (κ1) is 7.53. The number of carboxylic acids is 1. The van der Waals surface area contributed by atoms with Crippen molar-refractivity contribution in [1.29, 1.82) is 0 Å². The molecule has 0 fully saturated rings. The molecule has 0 atom stereocenters. The summed E-state index contributed by atoms with van der Waals surface area (Å²) in [5.74, 6) is -1.08. The summed E-state index contributed by atoms with van der Waals surface area (Å²) in [5, 5.41) is 17.4. The Balaban J connectivity index is 2.86. The number of carboxylic acid groups (broad SMARTS) is 1. The first-order valence-electron chi connectivity index (χ1n) is 3.05. The van der Waals surface area contributed by atoms with E-state index in [4.69, 9.17) is 10.2 Å². The molecule has 0 aliphatic heterocycles. The number of aromatic hydroxyl groups is 1. The van der Waals surface area contributed by atoms with Crippen molar-refractivity contribution >= 4 is 5.97 Å². The molecule has 1 heterocycles. The third-order valence-electron chi connectivity index (χ3n) is 1.18. The molecule has 2 N–H and O–H groups in total. The second kappa shape index (κ2) is 3.01. The molecule has 4 heteroatoms. The molecule has 0 aromatic carbocycles. The largest absolute Gasteiger partial charge is 0.506 e. The highest BCUT2D eigenvalue weighted by atomic mass is 16.4. The predicted molar refractivity (Wildman–Crippen MR) is 37.2 cm³/mol. The van der Waals surface area contributed by atoms with Crippen molar-refractivity contribution in [2.24, 2.45) is 0 Å². The fourth-order valence-corrected chi connectivity index (χ4v) is 0.709. The van der Waals surface area contributed by atoms with Gasteiger partial charge in [0.2, 0.25) is 0 Å². The van der Waals surface area contributed by atoms with Crippen molar-refractivity contribution in [3.8, 4) is 5.75 Å². The molecular weight excluding hydrogens is 146 g/mol. The Morgan fingerprint density at radius 1 is 1.64 bits per heavy atom. The standard InChI is InChI=1S/C7H7NO3/c9-6-2-1-3-8-5(6)4-7(10)11/h1-3,9H,4H2,(H,10,11). The lowest BCUT2D eigenvalue weighted by Crippen LogP contribution is -2.01. The van der Waals surface area contributed by atoms with Gasteiger partial charge in [0.1, 0.15) is 5.75 Å². The minimum absolute atomic E-state index is 0.0742. The van der Waals surface area contributed by atoms with Gasteiger partial charge >= 0.3 is 5.97 Å². The number of nitrogens with zero attached hydrogens (tertiary/aromatic N) is 1. The van der Waals surface area contributed by atoms with Crippen LogP contribution in [0, 0.1) is 0 Å². The van der Waals surface area contributed by atoms with Crippen molar-refractivity contribution in [3.63, 3.8) is 0 Å². The van der Waals surface area contributed by atoms with Gasteiger partial charge in [-0.1, -0.05) is 0 Å². The average Bonchev–Trinajstić information content (AvgIpc) is 1.93. The minimum Gasteiger partial charge on any atom is -0.506 e. The molecular formula is C7H7NO3. The predicted octanol–water partition coefficient (Wildman–Crippen LogP) is 0.414. The molecule has 0 saturated heterocycles. The summed E-state index contributed by atoms with van der Waals surface area (Å²) in [6.07, 6.45) is 1.20. The second-order valence-electron chi connectivity index (χ2n) is 2.04. The molecule has 11 heavy (non-hydrogen) atoms. The fraction of sp³-hybridized carbons (Fsp3) is 0.143. The molecule has 0 amide bonds. The number of aromatic nitrogens is 1. The van der Waals surface area contributed by atoms with Gasteiger partial charge in [-0.2, -0.15) is 0 Å². The summed E-state index contributed by atoms with van der Waals surface area (Å²) in [4.78, 5) is 13.9. The molecule has 0 unspecified atom stereocenters. The molecule has 1 aromatic heterocycles. The molecule has 1 rings (SSSR count). The van der Waals surface area contributed by atoms with Gasteiger partial charge in [-0.05, 0) is 12.1 Å². The maximum Gasteiger partial charge on any atom is 0.309 e. The summed E-state index contributed by atoms with van der Waals surface area (Å²) in [5.41, 5.74) is 0.194. The van der Waals surface area contributed by atoms with Crippen molar-refractivity contribution in [2.75, 3.05) is 0 Å². The third kappa shape index (κ3) is 1.93. The van der Waals surface area contributed by atoms with E-state index in [0.717, 1.165) is 0 Å². The maximum atomic E-state index is 10.2. The SMILES string of the molecule is O=C(O)Cc1ncccc1O. The number of aliphatic carboxylic acids is 1. The van der Waals surface area contributed by atoms with E-state index < -0.39 is 5.97 Å². The van der Waals surface area contributed by atoms with Gasteiger partial charge in [0.25, 0.3) is 0 Å². The van der Waals surface area contributed by atoms with Gasteiger partial charge < -0.3 is 10.2 Å². The van der Waals surface area contributed by atoms with E-state index in [9.17, 15) is 4.79 Å². The van der Waals surface area contributed by atoms with Crippen LogP contribution >= 0.6 is 0 Å². The summed E-state index contributed by atoms with van der Waals surface area (Å²) < 4.78 is 0. The van der Waals surface area contributed by atoms with E-state index in [1.54, 1.807) is 6.07 Å². The number of pyridine rings is 1. The third-order valence-corrected chi connectivity index (χ3v) is 1.18. The first-order chi connectivity index (χ1) is 5.20. The maximum absolute atomic E-state index is 10.2. The van der Waals surface area contributed by atoms with Gasteiger partial charge in [0.05, 0.1) is 12.1 Å². The van der Waals surface area contributed by atoms with Crippen LogP contribution in [0.4, 0.5) is 0 Å². The molecule has 0 bridgehead atoms. The van der Waals surface area contributed by atoms with Crippen LogP contribution < -0.4 is 0 Å². The summed E-state index contributed by atoms with van der Waals surface area (Å²) in [7, 11) is 0. The molecule has 0 saturated carbocycles. The summed E-state index contributed by atoms with van der Waals surface area (Å²) >= 11 is 0. The zero-order valence-electron chi connectivity index (χ0n) is 5.69. The van der Waals surface area contributed by atoms with Crippen molar-refractivity contribution < 1.29 is 15.0 Å². The summed E-state index contributed by atoms with van der Waals surface area (Å²) in [6, 6.07) is 2.95. The quantitative estimate of drug-likeness (QED) is 0.645. The van der Waals surface area contributed by atoms with E-state index >= 15 is 0 Å². The van der Waals surface area contributed by atoms with Crippen LogP contribution in [0.5, 0.6) is 5.75 Å². The lowest BCUT2D eigenvalue weighted by molar-refractivity contribution is -0.136. The van der Waals surface area contributed by atoms with Crippen LogP contribution in [0.1, 0.15) is 5.69 Å². The smallest absolute Gasteiger partial charge is 0.309 e. The Bertz CT molecular complexity index is 272. The summed E-state index contributed by atoms with van der Waals surface area (Å²) in [6.45, 7) is 0. The van der Waals surface area contributed by atoms with Crippen LogP contribution in [0.15, 0.2) is 18.3 Å². The van der Waals surface area contributed by atoms with Crippen molar-refractivity contribution in [3.05, 3.63) is 24.0 Å². The second-order valence-corrected chi connectivity index (χ2v) is 2.04. The highest BCUT2D eigenvalue weighted by Gasteiger charge is 2.05. The zero-order chi connectivity index (χ0) is 8.27. The van der Waals surface area contributed by atoms with Gasteiger partial charge in [0.15, 0.2) is 0 Å². The minimum atomic E-state index is -1.00. The monoisotopic (exact) mass is 153 g/mol. The van der Waals surface area contributed by atoms with Gasteiger partial charge in [-0.25, -0.2) is 0 Å². The van der Waals surface area contributed by atoms with Crippen LogP contribution in [0.3, 0.4) is 0 Å². The molecule has 0 aliphatic carbocycles. The number of hydrogen-bond acceptors (Lipinski definition) is 3. The Morgan fingerprint density at radius 3 is 2.91 bits per heavy atom. The first-order valence-corrected chi connectivity index (χ1v) is 3.05. The van der Waals surface area contributed by atoms with Gasteiger partial charge in [-0.3, -0.25) is 9.78 Å². The van der Waals surface area contributed by atoms with Crippen LogP contribution in [-0.2, 0) is 11.2 Å². The molecule has 58 valence electrons. The molecule has 0 aliphatic rings. The normalized spacial score (nSPS) is 9.45. The van der Waals surface area contributed by atoms with Crippen molar-refractivity contribution in [2.45, 2.75) is 6.42 Å². The van der Waals surface area contributed by atoms with Crippen molar-refractivity contribution in [1.82, 2.24) is 4.98 Å². The van der Waals surface area contributed by atoms with Gasteiger partial charge in [0, 0.05) is 6.20 Å². The highest BCUT2D eigenvalue weighted by Crippen LogP contribution is 2.12. The number of carbonyl (C=O) groups is 1. The lowest BCUT2D eigenvalue weighted by atomic mass is 10.2. The number of rotatable bonds is 2. The molecule has 0 radical (unpaired) electrons. The van der Waals surface area contributed by atoms with Crippen LogP contribution in [0.2, 0.25) is 0 Å². The Morgan fingerprint density at radius 2 is 2.36 bits per heavy atom. The van der Waals surface area contributed by atoms with E-state index in [2.05, 4.69) is 4.98 Å². The number of hydrogen-bond donors (Lipinski definition) is 2. The Labute approximate surface area is 63.1 Å². The topological polar surface area (TPSA) is 70.4 Å². The van der Waals surface area contributed by atoms with E-state index in [1.807, 2.05) is 0 Å². The average molecular weight is 153 g/mol. The van der Waals surface area contributed by atoms with Crippen LogP contribution in [0.25, 0.3) is 0 Å². The van der Waals surface area contributed by atoms with E-state index in [0.29, 0.717) is 0 Å². The molecule has 1 aromatic rings. The highest BCUT2D eigenvalue weighted by molar-refractivity contribution is 5.70. The van der Waals surface area contributed by atoms with E-state index in [1.165, 1.54) is 12.3 Å². The fourth-order valence-electron chi connectivity index (χ4n) is 0.709. The lowest BCUT2D eigenvalue weighted by Gasteiger charge is -1.97. The van der Waals surface area contributed by atoms with Gasteiger partial charge in [-0.15, -0.1) is 0 Å². The zero-order valence-corrected chi connectivity index (χ0v) is 5.69.